The molecule has 0 radical (unpaired) electrons. The van der Waals surface area contributed by atoms with Gasteiger partial charge in [-0.3, -0.25) is 14.4 Å². The lowest BCUT2D eigenvalue weighted by atomic mass is 9.63. The maximum Gasteiger partial charge on any atom is 0.263 e. The van der Waals surface area contributed by atoms with Crippen LogP contribution in [0.2, 0.25) is 0 Å². The van der Waals surface area contributed by atoms with Crippen LogP contribution in [0, 0.1) is 17.8 Å². The minimum Gasteiger partial charge on any atom is -0.491 e. The highest BCUT2D eigenvalue weighted by Crippen LogP contribution is 2.47. The predicted octanol–water partition coefficient (Wildman–Crippen LogP) is 6.29. The number of carbonyl (C=O) groups is 1. The summed E-state index contributed by atoms with van der Waals surface area (Å²) < 4.78 is 32.2. The largest absolute Gasteiger partial charge is 0.491 e. The Balaban J connectivity index is 1.36. The molecular weight excluding hydrogens is 703 g/mol. The number of fused-ring (bicyclic) bond motifs is 2. The van der Waals surface area contributed by atoms with Crippen molar-refractivity contribution in [2.75, 3.05) is 83.8 Å². The summed E-state index contributed by atoms with van der Waals surface area (Å²) >= 11 is 1.84. The minimum atomic E-state index is -1.54. The van der Waals surface area contributed by atoms with Crippen LogP contribution in [-0.4, -0.2) is 109 Å². The van der Waals surface area contributed by atoms with Crippen LogP contribution in [0.1, 0.15) is 80.3 Å². The van der Waals surface area contributed by atoms with Crippen molar-refractivity contribution in [3.63, 3.8) is 0 Å². The maximum absolute atomic E-state index is 13.6. The second kappa shape index (κ2) is 19.0. The first-order valence-electron chi connectivity index (χ1n) is 20.0. The standard InChI is InChI=1S/C42H63N5O4S2/c1-6-11-33-13-7-8-14-37(33)36-28-46-27-35-15-17-38(35)42(50-4,30-45-22-10-23-47(52-5)25-21-43-20-24-45)19-9-12-31(2)32(3)53(49)44-41(48)34-16-18-40(51-29-36)39(46)26-34/h7-9,13-14,16,18-19,26,31-32,35-36,38,43H,6,10-12,15,17,20-25,27-30H2,1-5H3,(H,44,48)/b19-9+. The predicted molar refractivity (Wildman–Crippen MR) is 220 cm³/mol. The summed E-state index contributed by atoms with van der Waals surface area (Å²) in [5.41, 5.74) is 3.73. The molecule has 1 amide bonds. The molecule has 53 heavy (non-hydrogen) atoms. The third-order valence-electron chi connectivity index (χ3n) is 12.3. The zero-order valence-electron chi connectivity index (χ0n) is 32.7. The van der Waals surface area contributed by atoms with E-state index >= 15 is 0 Å². The van der Waals surface area contributed by atoms with Gasteiger partial charge in [0, 0.05) is 70.9 Å². The van der Waals surface area contributed by atoms with Crippen LogP contribution in [0.15, 0.2) is 54.6 Å². The fourth-order valence-electron chi connectivity index (χ4n) is 8.80. The molecule has 9 nitrogen and oxygen atoms in total. The molecule has 7 atom stereocenters. The molecule has 1 aliphatic carbocycles. The summed E-state index contributed by atoms with van der Waals surface area (Å²) in [5.74, 6) is 1.50. The van der Waals surface area contributed by atoms with Crippen molar-refractivity contribution in [2.45, 2.75) is 76.1 Å². The van der Waals surface area contributed by atoms with E-state index in [0.29, 0.717) is 24.0 Å². The second-order valence-electron chi connectivity index (χ2n) is 15.7. The zero-order valence-corrected chi connectivity index (χ0v) is 34.3. The highest BCUT2D eigenvalue weighted by atomic mass is 32.2. The third-order valence-corrected chi connectivity index (χ3v) is 14.7. The number of methoxy groups -OCH3 is 1. The molecule has 1 saturated carbocycles. The number of benzene rings is 2. The van der Waals surface area contributed by atoms with Gasteiger partial charge in [-0.05, 0) is 98.9 Å². The van der Waals surface area contributed by atoms with Gasteiger partial charge in [0.2, 0.25) is 0 Å². The van der Waals surface area contributed by atoms with Gasteiger partial charge in [-0.15, -0.1) is 0 Å². The van der Waals surface area contributed by atoms with Crippen LogP contribution in [-0.2, 0) is 22.1 Å². The number of hydrogen-bond donors (Lipinski definition) is 2. The fraction of sp³-hybridized carbons (Fsp3) is 0.643. The molecule has 4 aliphatic rings. The van der Waals surface area contributed by atoms with E-state index in [0.717, 1.165) is 109 Å². The van der Waals surface area contributed by atoms with Crippen LogP contribution < -0.4 is 19.7 Å². The quantitative estimate of drug-likeness (QED) is 0.250. The van der Waals surface area contributed by atoms with E-state index in [-0.39, 0.29) is 23.0 Å². The average molecular weight is 766 g/mol. The van der Waals surface area contributed by atoms with Crippen molar-refractivity contribution in [1.82, 2.24) is 19.2 Å². The van der Waals surface area contributed by atoms with Crippen molar-refractivity contribution < 1.29 is 18.5 Å². The monoisotopic (exact) mass is 765 g/mol. The number of allylic oxidation sites excluding steroid dienone is 1. The lowest BCUT2D eigenvalue weighted by Gasteiger charge is -2.51. The summed E-state index contributed by atoms with van der Waals surface area (Å²) in [6, 6.07) is 14.6. The highest BCUT2D eigenvalue weighted by molar-refractivity contribution is 7.96. The number of nitrogens with one attached hydrogen (secondary N) is 2. The first kappa shape index (κ1) is 40.3. The number of rotatable bonds is 7. The molecule has 3 aliphatic heterocycles. The first-order valence-corrected chi connectivity index (χ1v) is 22.4. The molecule has 0 spiro atoms. The van der Waals surface area contributed by atoms with E-state index in [4.69, 9.17) is 9.47 Å². The molecule has 7 unspecified atom stereocenters. The minimum absolute atomic E-state index is 0.103. The van der Waals surface area contributed by atoms with Crippen LogP contribution in [0.25, 0.3) is 0 Å². The van der Waals surface area contributed by atoms with Crippen molar-refractivity contribution in [3.05, 3.63) is 71.3 Å². The van der Waals surface area contributed by atoms with Crippen LogP contribution in [0.5, 0.6) is 5.75 Å². The van der Waals surface area contributed by atoms with Gasteiger partial charge in [0.05, 0.1) is 17.5 Å². The van der Waals surface area contributed by atoms with Gasteiger partial charge in [-0.25, -0.2) is 8.51 Å². The molecule has 6 rings (SSSR count). The Bertz CT molecular complexity index is 1580. The van der Waals surface area contributed by atoms with E-state index < -0.39 is 16.6 Å². The molecule has 3 heterocycles. The Kier molecular flexibility index (Phi) is 14.4. The van der Waals surface area contributed by atoms with Crippen LogP contribution >= 0.6 is 11.9 Å². The molecule has 2 aromatic rings. The Morgan fingerprint density at radius 2 is 1.89 bits per heavy atom. The number of aryl methyl sites for hydroxylation is 1. The van der Waals surface area contributed by atoms with Crippen molar-refractivity contribution in [1.29, 1.82) is 0 Å². The lowest BCUT2D eigenvalue weighted by molar-refractivity contribution is -0.0915. The van der Waals surface area contributed by atoms with E-state index in [2.05, 4.69) is 80.7 Å². The number of anilines is 1. The van der Waals surface area contributed by atoms with Gasteiger partial charge >= 0.3 is 0 Å². The highest BCUT2D eigenvalue weighted by Gasteiger charge is 2.48. The molecule has 2 aromatic carbocycles. The maximum atomic E-state index is 13.6. The summed E-state index contributed by atoms with van der Waals surface area (Å²) in [6.07, 6.45) is 13.1. The third kappa shape index (κ3) is 9.70. The number of hydrogen-bond acceptors (Lipinski definition) is 9. The van der Waals surface area contributed by atoms with Gasteiger partial charge < -0.3 is 19.7 Å². The van der Waals surface area contributed by atoms with Gasteiger partial charge in [-0.1, -0.05) is 68.6 Å². The van der Waals surface area contributed by atoms with Gasteiger partial charge in [0.15, 0.2) is 0 Å². The van der Waals surface area contributed by atoms with Crippen LogP contribution in [0.3, 0.4) is 0 Å². The van der Waals surface area contributed by atoms with Crippen LogP contribution in [0.4, 0.5) is 5.69 Å². The molecule has 0 aromatic heterocycles. The number of amides is 1. The normalized spacial score (nSPS) is 31.6. The first-order chi connectivity index (χ1) is 25.7. The zero-order chi connectivity index (χ0) is 37.4. The van der Waals surface area contributed by atoms with Gasteiger partial charge in [0.25, 0.3) is 5.91 Å². The molecule has 11 heteroatoms. The summed E-state index contributed by atoms with van der Waals surface area (Å²) in [6.45, 7) is 15.5. The summed E-state index contributed by atoms with van der Waals surface area (Å²) in [4.78, 5) is 18.7. The molecule has 1 saturated heterocycles. The van der Waals surface area contributed by atoms with Gasteiger partial charge in [-0.2, -0.15) is 0 Å². The van der Waals surface area contributed by atoms with E-state index in [1.807, 2.05) is 44.2 Å². The SMILES string of the molecule is CCCc1ccccc1C1COc2ccc3cc2N(C1)CC1CCC1C(CN1CCCN(SC)CCNCC1)(OC)/C=C/CC(C)C(C)S(=O)NC3=O. The number of nitrogens with zero attached hydrogens (tertiary/aromatic N) is 3. The van der Waals surface area contributed by atoms with Gasteiger partial charge in [0.1, 0.15) is 22.3 Å². The Morgan fingerprint density at radius 1 is 1.06 bits per heavy atom. The summed E-state index contributed by atoms with van der Waals surface area (Å²) in [7, 11) is 0.371. The van der Waals surface area contributed by atoms with Crippen molar-refractivity contribution in [3.8, 4) is 5.75 Å². The van der Waals surface area contributed by atoms with Crippen molar-refractivity contribution in [2.24, 2.45) is 17.8 Å². The fourth-order valence-corrected chi connectivity index (χ4v) is 10.4. The topological polar surface area (TPSA) is 86.4 Å². The molecular formula is C42H63N5O4S2. The van der Waals surface area contributed by atoms with E-state index in [9.17, 15) is 9.00 Å². The molecule has 2 N–H and O–H groups in total. The number of ether oxygens (including phenoxy) is 2. The number of carbonyl (C=O) groups excluding carboxylic acids is 1. The smallest absolute Gasteiger partial charge is 0.263 e. The van der Waals surface area contributed by atoms with Crippen molar-refractivity contribution >= 4 is 34.5 Å². The molecule has 292 valence electrons. The second-order valence-corrected chi connectivity index (χ2v) is 18.1. The average Bonchev–Trinajstić information content (AvgIpc) is 3.34. The molecule has 2 bridgehead atoms. The lowest BCUT2D eigenvalue weighted by Crippen LogP contribution is -2.57. The Hall–Kier alpha value is -2.41. The molecule has 2 fully saturated rings. The van der Waals surface area contributed by atoms with E-state index in [1.54, 1.807) is 0 Å². The Labute approximate surface area is 325 Å². The Morgan fingerprint density at radius 3 is 2.66 bits per heavy atom. The van der Waals surface area contributed by atoms with E-state index in [1.165, 1.54) is 11.1 Å². The summed E-state index contributed by atoms with van der Waals surface area (Å²) in [5, 5.41) is 3.46.